The van der Waals surface area contributed by atoms with Gasteiger partial charge in [-0.2, -0.15) is 0 Å². The molecule has 0 radical (unpaired) electrons. The third-order valence-corrected chi connectivity index (χ3v) is 5.54. The Kier molecular flexibility index (Phi) is 4.59. The van der Waals surface area contributed by atoms with E-state index in [4.69, 9.17) is 4.98 Å². The van der Waals surface area contributed by atoms with Gasteiger partial charge in [0.05, 0.1) is 11.9 Å². The minimum Gasteiger partial charge on any atom is -0.348 e. The highest BCUT2D eigenvalue weighted by Crippen LogP contribution is 2.30. The first kappa shape index (κ1) is 16.3. The maximum absolute atomic E-state index is 11.2. The van der Waals surface area contributed by atoms with Crippen LogP contribution in [0.2, 0.25) is 0 Å². The number of hydrogen-bond acceptors (Lipinski definition) is 5. The molecule has 0 atom stereocenters. The molecule has 23 heavy (non-hydrogen) atoms. The highest BCUT2D eigenvalue weighted by molar-refractivity contribution is 7.92. The van der Waals surface area contributed by atoms with Crippen LogP contribution < -0.4 is 9.62 Å². The second-order valence-electron chi connectivity index (χ2n) is 6.14. The van der Waals surface area contributed by atoms with E-state index < -0.39 is 10.0 Å². The van der Waals surface area contributed by atoms with Gasteiger partial charge in [0.15, 0.2) is 5.13 Å². The molecule has 1 saturated heterocycles. The number of nitrogens with one attached hydrogen (secondary N) is 1. The number of hydrogen-bond donors (Lipinski definition) is 1. The summed E-state index contributed by atoms with van der Waals surface area (Å²) in [5.74, 6) is 0.806. The van der Waals surface area contributed by atoms with Gasteiger partial charge in [-0.25, -0.2) is 13.4 Å². The van der Waals surface area contributed by atoms with Crippen molar-refractivity contribution in [1.29, 1.82) is 0 Å². The number of sulfonamides is 1. The Bertz CT molecular complexity index is 761. The van der Waals surface area contributed by atoms with Crippen molar-refractivity contribution in [3.8, 4) is 11.3 Å². The SMILES string of the molecule is CC1CCN(c2nc(-c3ccc(NS(C)(=O)=O)cc3)cs2)CC1. The normalized spacial score (nSPS) is 16.5. The van der Waals surface area contributed by atoms with Crippen molar-refractivity contribution in [2.24, 2.45) is 5.92 Å². The fourth-order valence-corrected chi connectivity index (χ4v) is 4.12. The maximum Gasteiger partial charge on any atom is 0.229 e. The van der Waals surface area contributed by atoms with E-state index in [-0.39, 0.29) is 0 Å². The molecule has 7 heteroatoms. The van der Waals surface area contributed by atoms with Gasteiger partial charge in [0.1, 0.15) is 0 Å². The number of rotatable bonds is 4. The van der Waals surface area contributed by atoms with Gasteiger partial charge in [-0.1, -0.05) is 19.1 Å². The third-order valence-electron chi connectivity index (χ3n) is 4.03. The summed E-state index contributed by atoms with van der Waals surface area (Å²) in [5.41, 5.74) is 2.50. The molecule has 1 N–H and O–H groups in total. The lowest BCUT2D eigenvalue weighted by Crippen LogP contribution is -2.32. The molecule has 3 rings (SSSR count). The Balaban J connectivity index is 1.73. The molecule has 0 aliphatic carbocycles. The highest BCUT2D eigenvalue weighted by atomic mass is 32.2. The first-order chi connectivity index (χ1) is 10.9. The van der Waals surface area contributed by atoms with E-state index in [1.807, 2.05) is 12.1 Å². The van der Waals surface area contributed by atoms with E-state index in [0.29, 0.717) is 5.69 Å². The summed E-state index contributed by atoms with van der Waals surface area (Å²) in [4.78, 5) is 7.09. The minimum absolute atomic E-state index is 0.566. The molecule has 124 valence electrons. The molecule has 1 aliphatic heterocycles. The molecule has 0 spiro atoms. The Morgan fingerprint density at radius 3 is 2.48 bits per heavy atom. The van der Waals surface area contributed by atoms with Crippen molar-refractivity contribution in [1.82, 2.24) is 4.98 Å². The van der Waals surface area contributed by atoms with Crippen LogP contribution in [-0.2, 0) is 10.0 Å². The van der Waals surface area contributed by atoms with Crippen molar-refractivity contribution in [2.75, 3.05) is 29.0 Å². The van der Waals surface area contributed by atoms with Crippen LogP contribution in [0, 0.1) is 5.92 Å². The van der Waals surface area contributed by atoms with Crippen molar-refractivity contribution in [3.05, 3.63) is 29.6 Å². The number of aromatic nitrogens is 1. The van der Waals surface area contributed by atoms with Crippen molar-refractivity contribution >= 4 is 32.2 Å². The van der Waals surface area contributed by atoms with Gasteiger partial charge in [-0.3, -0.25) is 4.72 Å². The largest absolute Gasteiger partial charge is 0.348 e. The molecule has 0 unspecified atom stereocenters. The second-order valence-corrected chi connectivity index (χ2v) is 8.72. The van der Waals surface area contributed by atoms with Gasteiger partial charge >= 0.3 is 0 Å². The molecule has 1 aliphatic rings. The van der Waals surface area contributed by atoms with Gasteiger partial charge in [0.25, 0.3) is 0 Å². The molecule has 0 bridgehead atoms. The second kappa shape index (κ2) is 6.49. The van der Waals surface area contributed by atoms with Gasteiger partial charge in [-0.15, -0.1) is 11.3 Å². The van der Waals surface area contributed by atoms with E-state index in [1.54, 1.807) is 23.5 Å². The maximum atomic E-state index is 11.2. The van der Waals surface area contributed by atoms with Crippen LogP contribution in [0.25, 0.3) is 11.3 Å². The molecule has 0 amide bonds. The summed E-state index contributed by atoms with van der Waals surface area (Å²) in [6.07, 6.45) is 3.59. The number of thiazole rings is 1. The fraction of sp³-hybridized carbons (Fsp3) is 0.438. The van der Waals surface area contributed by atoms with Crippen LogP contribution in [-0.4, -0.2) is 32.7 Å². The highest BCUT2D eigenvalue weighted by Gasteiger charge is 2.18. The zero-order valence-electron chi connectivity index (χ0n) is 13.3. The summed E-state index contributed by atoms with van der Waals surface area (Å²) in [6.45, 7) is 4.45. The van der Waals surface area contributed by atoms with Crippen molar-refractivity contribution in [3.63, 3.8) is 0 Å². The van der Waals surface area contributed by atoms with E-state index in [9.17, 15) is 8.42 Å². The third kappa shape index (κ3) is 4.23. The molecule has 2 aromatic rings. The molecular formula is C16H21N3O2S2. The van der Waals surface area contributed by atoms with E-state index in [2.05, 4.69) is 21.9 Å². The quantitative estimate of drug-likeness (QED) is 0.917. The molecule has 1 aromatic heterocycles. The van der Waals surface area contributed by atoms with Crippen LogP contribution in [0.1, 0.15) is 19.8 Å². The molecular weight excluding hydrogens is 330 g/mol. The van der Waals surface area contributed by atoms with Gasteiger partial charge in [0.2, 0.25) is 10.0 Å². The molecule has 1 aromatic carbocycles. The van der Waals surface area contributed by atoms with Crippen molar-refractivity contribution < 1.29 is 8.42 Å². The molecule has 1 fully saturated rings. The van der Waals surface area contributed by atoms with Crippen LogP contribution in [0.15, 0.2) is 29.6 Å². The van der Waals surface area contributed by atoms with Crippen LogP contribution in [0.5, 0.6) is 0 Å². The average Bonchev–Trinajstić information content (AvgIpc) is 2.97. The number of benzene rings is 1. The van der Waals surface area contributed by atoms with E-state index in [1.165, 1.54) is 12.8 Å². The Morgan fingerprint density at radius 1 is 1.22 bits per heavy atom. The van der Waals surface area contributed by atoms with Gasteiger partial charge in [0, 0.05) is 29.7 Å². The minimum atomic E-state index is -3.24. The zero-order valence-corrected chi connectivity index (χ0v) is 15.0. The lowest BCUT2D eigenvalue weighted by molar-refractivity contribution is 0.438. The topological polar surface area (TPSA) is 62.3 Å². The summed E-state index contributed by atoms with van der Waals surface area (Å²) in [5, 5.41) is 3.14. The Hall–Kier alpha value is -1.60. The van der Waals surface area contributed by atoms with Gasteiger partial charge < -0.3 is 4.90 Å². The fourth-order valence-electron chi connectivity index (χ4n) is 2.67. The first-order valence-electron chi connectivity index (χ1n) is 7.69. The predicted molar refractivity (Wildman–Crippen MR) is 96.6 cm³/mol. The van der Waals surface area contributed by atoms with Gasteiger partial charge in [-0.05, 0) is 30.9 Å². The van der Waals surface area contributed by atoms with E-state index in [0.717, 1.165) is 41.7 Å². The van der Waals surface area contributed by atoms with Crippen LogP contribution >= 0.6 is 11.3 Å². The number of anilines is 2. The molecule has 5 nitrogen and oxygen atoms in total. The smallest absolute Gasteiger partial charge is 0.229 e. The summed E-state index contributed by atoms with van der Waals surface area (Å²) >= 11 is 1.67. The summed E-state index contributed by atoms with van der Waals surface area (Å²) in [7, 11) is -3.24. The standard InChI is InChI=1S/C16H21N3O2S2/c1-12-7-9-19(10-8-12)16-17-15(11-22-16)13-3-5-14(6-4-13)18-23(2,20)21/h3-6,11-12,18H,7-10H2,1-2H3. The predicted octanol–water partition coefficient (Wildman–Crippen LogP) is 3.42. The lowest BCUT2D eigenvalue weighted by atomic mass is 10.00. The van der Waals surface area contributed by atoms with Crippen LogP contribution in [0.3, 0.4) is 0 Å². The van der Waals surface area contributed by atoms with E-state index >= 15 is 0 Å². The average molecular weight is 351 g/mol. The lowest BCUT2D eigenvalue weighted by Gasteiger charge is -2.29. The monoisotopic (exact) mass is 351 g/mol. The van der Waals surface area contributed by atoms with Crippen LogP contribution in [0.4, 0.5) is 10.8 Å². The zero-order chi connectivity index (χ0) is 16.4. The number of piperidine rings is 1. The first-order valence-corrected chi connectivity index (χ1v) is 10.5. The number of nitrogens with zero attached hydrogens (tertiary/aromatic N) is 2. The molecule has 2 heterocycles. The summed E-state index contributed by atoms with van der Waals surface area (Å²) < 4.78 is 24.9. The Morgan fingerprint density at radius 2 is 1.87 bits per heavy atom. The summed E-state index contributed by atoms with van der Waals surface area (Å²) in [6, 6.07) is 7.31. The van der Waals surface area contributed by atoms with Crippen molar-refractivity contribution in [2.45, 2.75) is 19.8 Å². The molecule has 0 saturated carbocycles. The Labute approximate surface area is 141 Å².